The third kappa shape index (κ3) is 58.2. The van der Waals surface area contributed by atoms with Gasteiger partial charge in [-0.1, -0.05) is 253 Å². The van der Waals surface area contributed by atoms with Crippen molar-refractivity contribution in [2.24, 2.45) is 0 Å². The molecule has 0 saturated carbocycles. The molecular formula is C101H130O14Y10-10. The third-order valence-corrected chi connectivity index (χ3v) is 14.1. The van der Waals surface area contributed by atoms with E-state index in [4.69, 9.17) is 0 Å². The number of fused-ring (bicyclic) bond motifs is 5. The number of carbonyl (C=O) groups excluding carboxylic acids is 14. The number of hydrogen-bond acceptors (Lipinski definition) is 14. The van der Waals surface area contributed by atoms with E-state index in [0.717, 1.165) is 63.8 Å². The molecule has 12 aliphatic rings. The van der Waals surface area contributed by atoms with Gasteiger partial charge in [-0.15, -0.1) is 0 Å². The van der Waals surface area contributed by atoms with Crippen molar-refractivity contribution >= 4 is 98.7 Å². The monoisotopic (exact) mass is 2460 g/mol. The molecule has 24 heteroatoms. The molecule has 0 spiro atoms. The van der Waals surface area contributed by atoms with Gasteiger partial charge in [-0.3, -0.25) is 67.1 Å². The number of Topliss-reactive ketones (excluding diaryl/α,β-unsaturated/α-hetero) is 8. The minimum absolute atomic E-state index is 0. The van der Waals surface area contributed by atoms with Crippen LogP contribution in [0, 0.1) is 69.2 Å². The molecule has 14 nitrogen and oxygen atoms in total. The van der Waals surface area contributed by atoms with E-state index in [9.17, 15) is 67.1 Å². The van der Waals surface area contributed by atoms with Crippen LogP contribution < -0.4 is 0 Å². The topological polar surface area (TPSA) is 239 Å². The Balaban J connectivity index is -0.0000000627. The van der Waals surface area contributed by atoms with E-state index in [1.165, 1.54) is 55.7 Å². The number of allylic oxidation sites excluding steroid dienone is 30. The summed E-state index contributed by atoms with van der Waals surface area (Å²) in [5.41, 5.74) is 12.1. The van der Waals surface area contributed by atoms with Crippen molar-refractivity contribution in [3.8, 4) is 0 Å². The Kier molecular flexibility index (Phi) is 144. The van der Waals surface area contributed by atoms with Gasteiger partial charge in [0.25, 0.3) is 0 Å². The van der Waals surface area contributed by atoms with Crippen LogP contribution >= 0.6 is 0 Å². The molecule has 125 heavy (non-hydrogen) atoms. The van der Waals surface area contributed by atoms with Crippen LogP contribution in [0.1, 0.15) is 232 Å². The summed E-state index contributed by atoms with van der Waals surface area (Å²) in [4.78, 5) is 155. The number of carbonyl (C=O) groups is 14. The Hall–Kier alpha value is -0.0810. The summed E-state index contributed by atoms with van der Waals surface area (Å²) in [6.45, 7) is 62.8. The summed E-state index contributed by atoms with van der Waals surface area (Å²) in [6.07, 6.45) is 43.6. The summed E-state index contributed by atoms with van der Waals surface area (Å²) >= 11 is 0. The van der Waals surface area contributed by atoms with Crippen LogP contribution in [-0.2, 0) is 380 Å². The van der Waals surface area contributed by atoms with Crippen molar-refractivity contribution in [3.05, 3.63) is 347 Å². The molecule has 0 N–H and O–H groups in total. The summed E-state index contributed by atoms with van der Waals surface area (Å²) in [5.74, 6) is -5.45. The van der Waals surface area contributed by atoms with E-state index in [0.29, 0.717) is 57.4 Å². The molecule has 0 atom stereocenters. The molecule has 0 heterocycles. The maximum atomic E-state index is 11.7. The Labute approximate surface area is 1010 Å². The van der Waals surface area contributed by atoms with Crippen LogP contribution in [0.3, 0.4) is 0 Å². The molecule has 0 fully saturated rings. The van der Waals surface area contributed by atoms with Crippen molar-refractivity contribution in [2.45, 2.75) is 184 Å². The maximum absolute atomic E-state index is 11.7. The van der Waals surface area contributed by atoms with Gasteiger partial charge in [0, 0.05) is 372 Å². The smallest absolute Gasteiger partial charge is 0.234 e. The first-order valence-corrected chi connectivity index (χ1v) is 37.3. The zero-order valence-corrected chi connectivity index (χ0v) is 103. The van der Waals surface area contributed by atoms with E-state index >= 15 is 0 Å². The Morgan fingerprint density at radius 1 is 0.216 bits per heavy atom. The summed E-state index contributed by atoms with van der Waals surface area (Å²) in [7, 11) is 0. The summed E-state index contributed by atoms with van der Waals surface area (Å²) < 4.78 is 0. The van der Waals surface area contributed by atoms with Crippen LogP contribution in [0.25, 0.3) is 17.7 Å². The minimum atomic E-state index is -0.437. The molecule has 10 radical (unpaired) electrons. The molecular weight excluding hydrogens is 2330 g/mol. The van der Waals surface area contributed by atoms with Crippen molar-refractivity contribution in [1.82, 2.24) is 0 Å². The molecule has 0 amide bonds. The van der Waals surface area contributed by atoms with Crippen LogP contribution in [-0.4, -0.2) is 81.0 Å². The molecule has 0 bridgehead atoms. The summed E-state index contributed by atoms with van der Waals surface area (Å²) in [5, 5.41) is 0. The van der Waals surface area contributed by atoms with Gasteiger partial charge in [-0.2, -0.15) is 69.2 Å². The minimum Gasteiger partial charge on any atom is -0.346 e. The fourth-order valence-electron chi connectivity index (χ4n) is 9.87. The molecule has 0 aliphatic heterocycles. The van der Waals surface area contributed by atoms with Crippen LogP contribution in [0.2, 0.25) is 0 Å². The first kappa shape index (κ1) is 168. The average Bonchev–Trinajstić information content (AvgIpc) is 1.65. The fourth-order valence-corrected chi connectivity index (χ4v) is 9.87. The van der Waals surface area contributed by atoms with E-state index in [2.05, 4.69) is 111 Å². The molecule has 12 aliphatic carbocycles. The Morgan fingerprint density at radius 2 is 0.496 bits per heavy atom. The predicted molar refractivity (Wildman–Crippen MR) is 484 cm³/mol. The fraction of sp³-hybridized carbons (Fsp3) is 0.267. The number of rotatable bonds is 0. The predicted octanol–water partition coefficient (Wildman–Crippen LogP) is 23.4. The van der Waals surface area contributed by atoms with Crippen molar-refractivity contribution in [1.29, 1.82) is 0 Å². The van der Waals surface area contributed by atoms with Gasteiger partial charge in [0.2, 0.25) is 81.0 Å². The molecule has 0 saturated heterocycles. The maximum Gasteiger partial charge on any atom is 0.234 e. The van der Waals surface area contributed by atoms with Gasteiger partial charge in [0.1, 0.15) is 0 Å². The normalized spacial score (nSPS) is 13.5. The van der Waals surface area contributed by atoms with E-state index in [-0.39, 0.29) is 384 Å². The number of benzene rings is 3. The molecule has 0 unspecified atom stereocenters. The van der Waals surface area contributed by atoms with Crippen molar-refractivity contribution in [3.63, 3.8) is 0 Å². The Morgan fingerprint density at radius 3 is 0.896 bits per heavy atom. The van der Waals surface area contributed by atoms with Gasteiger partial charge < -0.3 is 69.2 Å². The van der Waals surface area contributed by atoms with E-state index in [1.807, 2.05) is 78.9 Å². The van der Waals surface area contributed by atoms with Crippen LogP contribution in [0.15, 0.2) is 244 Å². The summed E-state index contributed by atoms with van der Waals surface area (Å²) in [6, 6.07) is 21.5. The second-order valence-electron chi connectivity index (χ2n) is 21.3. The van der Waals surface area contributed by atoms with E-state index in [1.54, 1.807) is 160 Å². The standard InChI is InChI=1S/C13H8O2.C12H8O2.2C10H6O2.2C9H6O2.C6H4O2.3C3H8.10C2H5.3CH4.10Y/c14-12-10-5-2-1-4-8(10)9-6-3-7-11(9)13(12)15;13-11-9-5-1-3-7(9)8-4-2-6-10(8)12(11)14;2*11-9-6-5-7-3-1-2-4-8(7)10(9)12;2*10-8-5-4-6-2-1-3-7(6)9(8)11;7-5-3-1-2-4-6(5)8;3*1-3-2;10*1-2;;;;;;;;;;;;;/h1-5,7H,6H2;1-3,6H,4-5H2;2*1-6H;1,3-5H,2H2;1-2,4-5H,3H2;1-4H;3*3H2,1-2H3;10*1H2,2H3;3*1H4;;;;;;;;;;/q;;;;;;;;;;10*-1;;;;;;;;;;;;;. The largest absolute Gasteiger partial charge is 0.346 e. The van der Waals surface area contributed by atoms with Gasteiger partial charge in [0.15, 0.2) is 0 Å². The average molecular weight is 2460 g/mol. The van der Waals surface area contributed by atoms with Gasteiger partial charge >= 0.3 is 0 Å². The zero-order chi connectivity index (χ0) is 87.0. The second-order valence-corrected chi connectivity index (χ2v) is 21.3. The molecule has 3 aromatic carbocycles. The molecule has 15 rings (SSSR count). The first-order valence-electron chi connectivity index (χ1n) is 37.3. The second kappa shape index (κ2) is 108. The van der Waals surface area contributed by atoms with Crippen molar-refractivity contribution < 1.29 is 394 Å². The quantitative estimate of drug-likeness (QED) is 0.116. The Bertz CT molecular complexity index is 4120. The number of ketones is 14. The van der Waals surface area contributed by atoms with Crippen LogP contribution in [0.5, 0.6) is 0 Å². The molecule has 658 valence electrons. The van der Waals surface area contributed by atoms with E-state index < -0.39 is 46.3 Å². The van der Waals surface area contributed by atoms with Gasteiger partial charge in [-0.05, 0) is 113 Å². The first-order chi connectivity index (χ1) is 54.3. The number of hydrogen-bond donors (Lipinski definition) is 0. The molecule has 0 aromatic heterocycles. The molecule has 3 aromatic rings. The van der Waals surface area contributed by atoms with Crippen LogP contribution in [0.4, 0.5) is 0 Å². The third-order valence-electron chi connectivity index (χ3n) is 14.1. The van der Waals surface area contributed by atoms with Gasteiger partial charge in [0.05, 0.1) is 0 Å². The van der Waals surface area contributed by atoms with Crippen molar-refractivity contribution in [2.75, 3.05) is 0 Å². The SMILES string of the molecule is C.C.C.CCC.CCC.CCC.O=C1C(=O)C2=C(C=CC2)C2=C1C=CC2.O=C1C(=O)c2ccccc2C2=C1C=CC2.O=C1C=CC2=C(C=CC2)C1=O.O=C1C=CC2=C(CC=C2)C1=O.O=C1C=CC=CC1=O.O=C1C=Cc2ccccc2C1=O.O=C1C=Cc2ccccc2C1=O.[CH2-]C.[CH2-]C.[CH2-]C.[CH2-]C.[CH2-]C.[CH2-]C.[CH2-]C.[CH2-]C.[CH2-]C.[CH2-]C.[Y].[Y].[Y].[Y].[Y].[Y].[Y].[Y].[Y].[Y]. The van der Waals surface area contributed by atoms with Gasteiger partial charge in [-0.25, -0.2) is 0 Å². The zero-order valence-electron chi connectivity index (χ0n) is 74.8.